The molecule has 9 nitrogen and oxygen atoms in total. The number of imide groups is 1. The Morgan fingerprint density at radius 2 is 1.44 bits per heavy atom. The molecule has 0 saturated heterocycles. The first kappa shape index (κ1) is 28.9. The molecule has 0 radical (unpaired) electrons. The Morgan fingerprint density at radius 1 is 0.861 bits per heavy atom. The lowest BCUT2D eigenvalue weighted by Gasteiger charge is -2.16. The van der Waals surface area contributed by atoms with Crippen LogP contribution in [0.3, 0.4) is 0 Å². The Hall–Kier alpha value is -3.30. The van der Waals surface area contributed by atoms with E-state index in [2.05, 4.69) is 6.58 Å². The van der Waals surface area contributed by atoms with Gasteiger partial charge in [-0.2, -0.15) is 0 Å². The molecule has 9 heteroatoms. The summed E-state index contributed by atoms with van der Waals surface area (Å²) in [7, 11) is 0. The number of rotatable bonds is 17. The first-order valence-corrected chi connectivity index (χ1v) is 12.2. The van der Waals surface area contributed by atoms with Crippen molar-refractivity contribution >= 4 is 29.8 Å². The molecule has 196 valence electrons. The molecule has 2 amide bonds. The third kappa shape index (κ3) is 10.5. The maximum absolute atomic E-state index is 12.1. The van der Waals surface area contributed by atoms with Crippen LogP contribution in [0, 0.1) is 0 Å². The molecule has 2 unspecified atom stereocenters. The number of hydrogen-bond donors (Lipinski definition) is 0. The van der Waals surface area contributed by atoms with Gasteiger partial charge in [-0.3, -0.25) is 19.3 Å². The minimum absolute atomic E-state index is 0.247. The number of benzene rings is 1. The van der Waals surface area contributed by atoms with Gasteiger partial charge in [0.1, 0.15) is 0 Å². The van der Waals surface area contributed by atoms with Gasteiger partial charge in [0.25, 0.3) is 11.8 Å². The highest BCUT2D eigenvalue weighted by atomic mass is 16.7. The Morgan fingerprint density at radius 3 is 2.03 bits per heavy atom. The van der Waals surface area contributed by atoms with Gasteiger partial charge in [0.05, 0.1) is 18.8 Å². The third-order valence-corrected chi connectivity index (χ3v) is 5.36. The molecule has 0 saturated carbocycles. The number of nitrogens with zero attached hydrogens (tertiary/aromatic N) is 1. The monoisotopic (exact) mass is 501 g/mol. The second-order valence-corrected chi connectivity index (χ2v) is 8.28. The summed E-state index contributed by atoms with van der Waals surface area (Å²) in [5.41, 5.74) is 1.36. The van der Waals surface area contributed by atoms with E-state index in [1.165, 1.54) is 17.1 Å². The number of hydrogen-bond acceptors (Lipinski definition) is 8. The van der Waals surface area contributed by atoms with Crippen LogP contribution in [0.25, 0.3) is 6.08 Å². The van der Waals surface area contributed by atoms with Crippen LogP contribution in [0.4, 0.5) is 0 Å². The zero-order chi connectivity index (χ0) is 26.3. The number of amides is 2. The number of esters is 2. The SMILES string of the molecule is C=Cc1ccc(C(=O)OC(C)OCCCCOC(C)OC(=O)CCCCCN2C(=O)C=CC2=O)cc1. The average Bonchev–Trinajstić information content (AvgIpc) is 3.18. The first-order chi connectivity index (χ1) is 17.3. The van der Waals surface area contributed by atoms with E-state index >= 15 is 0 Å². The van der Waals surface area contributed by atoms with E-state index < -0.39 is 18.5 Å². The van der Waals surface area contributed by atoms with Crippen LogP contribution >= 0.6 is 0 Å². The molecule has 0 spiro atoms. The van der Waals surface area contributed by atoms with Crippen LogP contribution in [-0.4, -0.2) is 61.0 Å². The second kappa shape index (κ2) is 15.6. The van der Waals surface area contributed by atoms with Crippen molar-refractivity contribution in [3.05, 3.63) is 54.1 Å². The number of unbranched alkanes of at least 4 members (excludes halogenated alkanes) is 3. The van der Waals surface area contributed by atoms with Crippen LogP contribution in [0.5, 0.6) is 0 Å². The Labute approximate surface area is 212 Å². The second-order valence-electron chi connectivity index (χ2n) is 8.28. The molecule has 2 atom stereocenters. The topological polar surface area (TPSA) is 108 Å². The van der Waals surface area contributed by atoms with Crippen molar-refractivity contribution in [2.24, 2.45) is 0 Å². The zero-order valence-corrected chi connectivity index (χ0v) is 21.0. The van der Waals surface area contributed by atoms with Gasteiger partial charge >= 0.3 is 11.9 Å². The molecule has 2 rings (SSSR count). The standard InChI is InChI=1S/C27H35NO8/c1-4-22-11-13-23(14-12-22)27(32)36-21(3)34-19-9-8-18-33-20(2)35-26(31)10-6-5-7-17-28-24(29)15-16-25(28)30/h4,11-16,20-21H,1,5-10,17-19H2,2-3H3. The lowest BCUT2D eigenvalue weighted by atomic mass is 10.1. The molecular formula is C27H35NO8. The number of carbonyl (C=O) groups excluding carboxylic acids is 4. The Bertz CT molecular complexity index is 906. The quantitative estimate of drug-likeness (QED) is 0.136. The van der Waals surface area contributed by atoms with Crippen molar-refractivity contribution in [2.45, 2.75) is 65.0 Å². The number of carbonyl (C=O) groups is 4. The first-order valence-electron chi connectivity index (χ1n) is 12.2. The van der Waals surface area contributed by atoms with E-state index in [1.807, 2.05) is 0 Å². The van der Waals surface area contributed by atoms with Gasteiger partial charge in [0.2, 0.25) is 0 Å². The predicted molar refractivity (Wildman–Crippen MR) is 132 cm³/mol. The van der Waals surface area contributed by atoms with E-state index in [-0.39, 0.29) is 24.2 Å². The lowest BCUT2D eigenvalue weighted by molar-refractivity contribution is -0.175. The van der Waals surface area contributed by atoms with Gasteiger partial charge in [-0.05, 0) is 57.2 Å². The molecule has 36 heavy (non-hydrogen) atoms. The fourth-order valence-corrected chi connectivity index (χ4v) is 3.36. The van der Waals surface area contributed by atoms with Gasteiger partial charge in [0.15, 0.2) is 12.6 Å². The van der Waals surface area contributed by atoms with Crippen LogP contribution in [-0.2, 0) is 33.3 Å². The van der Waals surface area contributed by atoms with Gasteiger partial charge in [-0.15, -0.1) is 0 Å². The fraction of sp³-hybridized carbons (Fsp3) is 0.481. The van der Waals surface area contributed by atoms with E-state index in [0.29, 0.717) is 57.4 Å². The van der Waals surface area contributed by atoms with E-state index in [9.17, 15) is 19.2 Å². The summed E-state index contributed by atoms with van der Waals surface area (Å²) in [5, 5.41) is 0. The summed E-state index contributed by atoms with van der Waals surface area (Å²) in [5.74, 6) is -1.39. The average molecular weight is 502 g/mol. The lowest BCUT2D eigenvalue weighted by Crippen LogP contribution is -2.30. The molecule has 1 heterocycles. The van der Waals surface area contributed by atoms with E-state index in [4.69, 9.17) is 18.9 Å². The van der Waals surface area contributed by atoms with Crippen LogP contribution in [0.15, 0.2) is 43.0 Å². The van der Waals surface area contributed by atoms with Crippen molar-refractivity contribution in [3.8, 4) is 0 Å². The molecule has 0 bridgehead atoms. The highest BCUT2D eigenvalue weighted by Gasteiger charge is 2.22. The highest BCUT2D eigenvalue weighted by molar-refractivity contribution is 6.12. The highest BCUT2D eigenvalue weighted by Crippen LogP contribution is 2.10. The van der Waals surface area contributed by atoms with Crippen molar-refractivity contribution in [3.63, 3.8) is 0 Å². The minimum atomic E-state index is -0.676. The van der Waals surface area contributed by atoms with Crippen molar-refractivity contribution in [1.82, 2.24) is 4.90 Å². The molecule has 0 aliphatic carbocycles. The normalized spacial score (nSPS) is 14.6. The van der Waals surface area contributed by atoms with E-state index in [0.717, 1.165) is 5.56 Å². The molecule has 0 aromatic heterocycles. The van der Waals surface area contributed by atoms with Gasteiger partial charge < -0.3 is 18.9 Å². The fourth-order valence-electron chi connectivity index (χ4n) is 3.36. The molecule has 1 aliphatic heterocycles. The summed E-state index contributed by atoms with van der Waals surface area (Å²) in [6.45, 7) is 8.15. The smallest absolute Gasteiger partial charge is 0.340 e. The molecule has 1 aromatic carbocycles. The molecular weight excluding hydrogens is 466 g/mol. The van der Waals surface area contributed by atoms with Gasteiger partial charge in [-0.1, -0.05) is 31.2 Å². The molecule has 0 N–H and O–H groups in total. The summed E-state index contributed by atoms with van der Waals surface area (Å²) >= 11 is 0. The summed E-state index contributed by atoms with van der Waals surface area (Å²) in [6.07, 6.45) is 6.46. The molecule has 1 aliphatic rings. The van der Waals surface area contributed by atoms with Gasteiger partial charge in [0, 0.05) is 25.1 Å². The maximum atomic E-state index is 12.1. The predicted octanol–water partition coefficient (Wildman–Crippen LogP) is 4.02. The summed E-state index contributed by atoms with van der Waals surface area (Å²) in [6, 6.07) is 6.93. The minimum Gasteiger partial charge on any atom is -0.436 e. The zero-order valence-electron chi connectivity index (χ0n) is 21.0. The van der Waals surface area contributed by atoms with E-state index in [1.54, 1.807) is 44.2 Å². The largest absolute Gasteiger partial charge is 0.436 e. The maximum Gasteiger partial charge on any atom is 0.340 e. The summed E-state index contributed by atoms with van der Waals surface area (Å²) < 4.78 is 21.5. The Balaban J connectivity index is 1.45. The van der Waals surface area contributed by atoms with Crippen LogP contribution < -0.4 is 0 Å². The van der Waals surface area contributed by atoms with Gasteiger partial charge in [-0.25, -0.2) is 4.79 Å². The van der Waals surface area contributed by atoms with Crippen molar-refractivity contribution in [2.75, 3.05) is 19.8 Å². The Kier molecular flexibility index (Phi) is 12.6. The molecule has 1 aromatic rings. The number of ether oxygens (including phenoxy) is 4. The van der Waals surface area contributed by atoms with Crippen LogP contribution in [0.2, 0.25) is 0 Å². The third-order valence-electron chi connectivity index (χ3n) is 5.36. The van der Waals surface area contributed by atoms with Crippen molar-refractivity contribution in [1.29, 1.82) is 0 Å². The molecule has 0 fully saturated rings. The van der Waals surface area contributed by atoms with Crippen LogP contribution in [0.1, 0.15) is 68.3 Å². The van der Waals surface area contributed by atoms with Crippen molar-refractivity contribution < 1.29 is 38.1 Å². The summed E-state index contributed by atoms with van der Waals surface area (Å²) in [4.78, 5) is 48.1.